The number of pyridine rings is 1. The highest BCUT2D eigenvalue weighted by atomic mass is 28.4. The third-order valence-electron chi connectivity index (χ3n) is 10.0. The van der Waals surface area contributed by atoms with E-state index in [-0.39, 0.29) is 22.5 Å². The van der Waals surface area contributed by atoms with Crippen molar-refractivity contribution < 1.29 is 27.1 Å². The minimum Gasteiger partial charge on any atom is -0.410 e. The van der Waals surface area contributed by atoms with Gasteiger partial charge in [0.25, 0.3) is 0 Å². The van der Waals surface area contributed by atoms with Gasteiger partial charge in [0, 0.05) is 48.6 Å². The lowest BCUT2D eigenvalue weighted by Gasteiger charge is -2.46. The van der Waals surface area contributed by atoms with Crippen molar-refractivity contribution in [3.05, 3.63) is 63.0 Å². The zero-order valence-electron chi connectivity index (χ0n) is 27.0. The molecule has 0 unspecified atom stereocenters. The number of benzene rings is 1. The summed E-state index contributed by atoms with van der Waals surface area (Å²) in [5.74, 6) is 0.0508. The minimum atomic E-state index is -4.62. The number of nitrogens with zero attached hydrogens (tertiary/aromatic N) is 2. The molecule has 0 saturated carbocycles. The van der Waals surface area contributed by atoms with Crippen molar-refractivity contribution in [2.24, 2.45) is 5.41 Å². The summed E-state index contributed by atoms with van der Waals surface area (Å²) in [6.07, 6.45) is -2.53. The minimum absolute atomic E-state index is 0.00650. The van der Waals surface area contributed by atoms with Gasteiger partial charge in [-0.3, -0.25) is 4.98 Å². The first-order valence-corrected chi connectivity index (χ1v) is 18.3. The molecule has 1 aromatic carbocycles. The molecule has 5 rings (SSSR count). The van der Waals surface area contributed by atoms with E-state index in [0.29, 0.717) is 31.6 Å². The fourth-order valence-corrected chi connectivity index (χ4v) is 8.10. The average Bonchev–Trinajstić information content (AvgIpc) is 3.19. The Morgan fingerprint density at radius 2 is 1.74 bits per heavy atom. The van der Waals surface area contributed by atoms with Crippen molar-refractivity contribution in [2.45, 2.75) is 122 Å². The highest BCUT2D eigenvalue weighted by Gasteiger charge is 2.54. The van der Waals surface area contributed by atoms with Crippen LogP contribution in [0.2, 0.25) is 18.1 Å². The zero-order valence-corrected chi connectivity index (χ0v) is 28.0. The molecule has 1 saturated heterocycles. The van der Waals surface area contributed by atoms with Crippen LogP contribution in [-0.4, -0.2) is 26.5 Å². The number of ether oxygens (including phenoxy) is 2. The van der Waals surface area contributed by atoms with Crippen LogP contribution in [0.25, 0.3) is 0 Å². The number of rotatable bonds is 4. The Balaban J connectivity index is 1.79. The average molecular weight is 615 g/mol. The SMILES string of the molecule is CC(C)c1nc2c(c3c1[C@@H](c1ccc(C(F)(F)F)c(C#N)c1)OC31CCOCC1)[C@@H](O[Si](C)(C)C(C)(C)C)CC(C)(C)C2. The van der Waals surface area contributed by atoms with Crippen LogP contribution in [-0.2, 0) is 32.1 Å². The van der Waals surface area contributed by atoms with E-state index in [4.69, 9.17) is 18.9 Å². The number of nitriles is 1. The maximum Gasteiger partial charge on any atom is 0.417 e. The molecular weight excluding hydrogens is 569 g/mol. The predicted molar refractivity (Wildman–Crippen MR) is 162 cm³/mol. The van der Waals surface area contributed by atoms with E-state index in [9.17, 15) is 18.4 Å². The molecule has 0 amide bonds. The van der Waals surface area contributed by atoms with E-state index >= 15 is 0 Å². The van der Waals surface area contributed by atoms with Gasteiger partial charge >= 0.3 is 6.18 Å². The molecule has 1 spiro atoms. The van der Waals surface area contributed by atoms with E-state index in [0.717, 1.165) is 47.0 Å². The fourth-order valence-electron chi connectivity index (χ4n) is 6.84. The number of aromatic nitrogens is 1. The Morgan fingerprint density at radius 3 is 2.30 bits per heavy atom. The second-order valence-electron chi connectivity index (χ2n) is 15.2. The molecule has 3 aliphatic rings. The van der Waals surface area contributed by atoms with Gasteiger partial charge < -0.3 is 13.9 Å². The first-order chi connectivity index (χ1) is 19.8. The van der Waals surface area contributed by atoms with Gasteiger partial charge in [0.15, 0.2) is 8.32 Å². The first kappa shape index (κ1) is 32.1. The third kappa shape index (κ3) is 5.69. The van der Waals surface area contributed by atoms with Gasteiger partial charge in [-0.05, 0) is 65.6 Å². The van der Waals surface area contributed by atoms with E-state index in [1.165, 1.54) is 12.1 Å². The van der Waals surface area contributed by atoms with Crippen LogP contribution in [0, 0.1) is 16.7 Å². The van der Waals surface area contributed by atoms with Crippen molar-refractivity contribution in [2.75, 3.05) is 13.2 Å². The van der Waals surface area contributed by atoms with Gasteiger partial charge in [-0.25, -0.2) is 0 Å². The highest BCUT2D eigenvalue weighted by molar-refractivity contribution is 6.74. The lowest BCUT2D eigenvalue weighted by molar-refractivity contribution is -0.138. The molecule has 1 fully saturated rings. The van der Waals surface area contributed by atoms with Crippen molar-refractivity contribution in [1.29, 1.82) is 5.26 Å². The Bertz CT molecular complexity index is 1450. The van der Waals surface area contributed by atoms with E-state index < -0.39 is 37.3 Å². The fraction of sp³-hybridized carbons (Fsp3) is 0.647. The lowest BCUT2D eigenvalue weighted by atomic mass is 9.70. The molecule has 0 N–H and O–H groups in total. The van der Waals surface area contributed by atoms with Gasteiger partial charge in [0.1, 0.15) is 6.10 Å². The summed E-state index contributed by atoms with van der Waals surface area (Å²) in [5, 5.41) is 9.72. The summed E-state index contributed by atoms with van der Waals surface area (Å²) in [6, 6.07) is 5.61. The summed E-state index contributed by atoms with van der Waals surface area (Å²) >= 11 is 0. The maximum absolute atomic E-state index is 13.7. The summed E-state index contributed by atoms with van der Waals surface area (Å²) in [5.41, 5.74) is 3.60. The Labute approximate surface area is 255 Å². The number of fused-ring (bicyclic) bond motifs is 4. The topological polar surface area (TPSA) is 64.4 Å². The molecule has 0 bridgehead atoms. The largest absolute Gasteiger partial charge is 0.417 e. The first-order valence-electron chi connectivity index (χ1n) is 15.4. The number of hydrogen-bond donors (Lipinski definition) is 0. The van der Waals surface area contributed by atoms with Crippen molar-refractivity contribution in [3.63, 3.8) is 0 Å². The molecule has 5 nitrogen and oxygen atoms in total. The van der Waals surface area contributed by atoms with E-state index in [1.54, 1.807) is 6.07 Å². The van der Waals surface area contributed by atoms with Gasteiger partial charge in [-0.2, -0.15) is 18.4 Å². The van der Waals surface area contributed by atoms with Crippen LogP contribution < -0.4 is 0 Å². The van der Waals surface area contributed by atoms with E-state index in [1.807, 2.05) is 0 Å². The smallest absolute Gasteiger partial charge is 0.410 e. The molecular formula is C34H45F3N2O3Si. The third-order valence-corrected chi connectivity index (χ3v) is 14.5. The van der Waals surface area contributed by atoms with Gasteiger partial charge in [0.2, 0.25) is 0 Å². The van der Waals surface area contributed by atoms with Crippen molar-refractivity contribution >= 4 is 8.32 Å². The van der Waals surface area contributed by atoms with Crippen LogP contribution in [0.4, 0.5) is 13.2 Å². The Morgan fingerprint density at radius 1 is 1.09 bits per heavy atom. The van der Waals surface area contributed by atoms with Crippen molar-refractivity contribution in [3.8, 4) is 6.07 Å². The van der Waals surface area contributed by atoms with Crippen molar-refractivity contribution in [1.82, 2.24) is 4.98 Å². The Kier molecular flexibility index (Phi) is 7.99. The van der Waals surface area contributed by atoms with Gasteiger partial charge in [-0.15, -0.1) is 0 Å². The number of hydrogen-bond acceptors (Lipinski definition) is 5. The molecule has 2 atom stereocenters. The summed E-state index contributed by atoms with van der Waals surface area (Å²) < 4.78 is 61.3. The molecule has 9 heteroatoms. The van der Waals surface area contributed by atoms with Crippen LogP contribution in [0.1, 0.15) is 131 Å². The predicted octanol–water partition coefficient (Wildman–Crippen LogP) is 9.26. The number of alkyl halides is 3. The summed E-state index contributed by atoms with van der Waals surface area (Å²) in [7, 11) is -2.21. The van der Waals surface area contributed by atoms with E-state index in [2.05, 4.69) is 61.6 Å². The zero-order chi connectivity index (χ0) is 31.8. The quantitative estimate of drug-likeness (QED) is 0.321. The molecule has 1 aliphatic carbocycles. The molecule has 234 valence electrons. The molecule has 3 heterocycles. The lowest BCUT2D eigenvalue weighted by Crippen LogP contribution is -2.45. The molecule has 2 aromatic rings. The van der Waals surface area contributed by atoms with Crippen LogP contribution in [0.3, 0.4) is 0 Å². The van der Waals surface area contributed by atoms with Gasteiger partial charge in [-0.1, -0.05) is 54.5 Å². The standard InChI is InChI=1S/C34H45F3N2O3Si/c1-20(2)29-27-28(26-24(39-29)17-32(6,7)18-25(26)42-43(8,9)31(3,4)5)33(12-14-40-15-13-33)41-30(27)21-10-11-23(34(35,36)37)22(16-21)19-38/h10-11,16,20,25,30H,12-15,17-18H2,1-9H3/t25-,30+/m0/s1. The summed E-state index contributed by atoms with van der Waals surface area (Å²) in [6.45, 7) is 21.1. The van der Waals surface area contributed by atoms with Crippen LogP contribution in [0.15, 0.2) is 18.2 Å². The highest BCUT2D eigenvalue weighted by Crippen LogP contribution is 2.59. The maximum atomic E-state index is 13.7. The van der Waals surface area contributed by atoms with Crippen LogP contribution in [0.5, 0.6) is 0 Å². The second kappa shape index (κ2) is 10.7. The molecule has 0 radical (unpaired) electrons. The number of halogens is 3. The normalized spacial score (nSPS) is 23.3. The second-order valence-corrected chi connectivity index (χ2v) is 20.0. The molecule has 43 heavy (non-hydrogen) atoms. The summed E-state index contributed by atoms with van der Waals surface area (Å²) in [4.78, 5) is 5.35. The Hall–Kier alpha value is -2.25. The van der Waals surface area contributed by atoms with Gasteiger partial charge in [0.05, 0.1) is 28.9 Å². The van der Waals surface area contributed by atoms with Crippen LogP contribution >= 0.6 is 0 Å². The molecule has 2 aliphatic heterocycles. The monoisotopic (exact) mass is 614 g/mol. The molecule has 1 aromatic heterocycles.